The molecule has 2 saturated heterocycles. The minimum atomic E-state index is -1.34. The Labute approximate surface area is 249 Å². The Kier molecular flexibility index (Phi) is 6.74. The summed E-state index contributed by atoms with van der Waals surface area (Å²) in [5.41, 5.74) is 2.11. The fourth-order valence-electron chi connectivity index (χ4n) is 7.13. The molecule has 6 heterocycles. The molecule has 0 aliphatic carbocycles. The molecule has 0 bridgehead atoms. The lowest BCUT2D eigenvalue weighted by Crippen LogP contribution is -2.36. The van der Waals surface area contributed by atoms with E-state index in [1.54, 1.807) is 32.6 Å². The third-order valence-corrected chi connectivity index (χ3v) is 9.17. The van der Waals surface area contributed by atoms with Crippen LogP contribution in [0.3, 0.4) is 0 Å². The highest BCUT2D eigenvalue weighted by molar-refractivity contribution is 6.18. The summed E-state index contributed by atoms with van der Waals surface area (Å²) in [4.78, 5) is 41.9. The number of carboxylic acid groups (broad SMARTS) is 1. The molecule has 5 aromatic rings. The zero-order chi connectivity index (χ0) is 30.9. The van der Waals surface area contributed by atoms with Crippen LogP contribution in [0.25, 0.3) is 44.1 Å². The number of carboxylic acids is 1. The number of fused-ring (bicyclic) bond motifs is 5. The molecule has 11 nitrogen and oxygen atoms in total. The predicted molar refractivity (Wildman–Crippen MR) is 163 cm³/mol. The molecule has 1 aromatic carbocycles. The van der Waals surface area contributed by atoms with Gasteiger partial charge in [-0.25, -0.2) is 23.5 Å². The number of aromatic nitrogens is 4. The van der Waals surface area contributed by atoms with Crippen LogP contribution in [-0.4, -0.2) is 86.5 Å². The number of aromatic carboxylic acids is 1. The van der Waals surface area contributed by atoms with Crippen molar-refractivity contribution in [2.45, 2.75) is 18.9 Å². The van der Waals surface area contributed by atoms with E-state index in [2.05, 4.69) is 30.1 Å². The van der Waals surface area contributed by atoms with Crippen molar-refractivity contribution < 1.29 is 23.8 Å². The average Bonchev–Trinajstić information content (AvgIpc) is 3.72. The molecule has 7 rings (SSSR count). The summed E-state index contributed by atoms with van der Waals surface area (Å²) in [5, 5.41) is 22.6. The number of halogens is 2. The van der Waals surface area contributed by atoms with E-state index in [-0.39, 0.29) is 29.0 Å². The molecule has 228 valence electrons. The number of aryl methyl sites for hydroxylation is 1. The Morgan fingerprint density at radius 3 is 2.75 bits per heavy atom. The number of rotatable bonds is 7. The number of benzene rings is 1. The summed E-state index contributed by atoms with van der Waals surface area (Å²) < 4.78 is 32.2. The summed E-state index contributed by atoms with van der Waals surface area (Å²) in [6, 6.07) is 2.92. The van der Waals surface area contributed by atoms with Gasteiger partial charge in [0.1, 0.15) is 16.9 Å². The molecule has 0 amide bonds. The van der Waals surface area contributed by atoms with Crippen molar-refractivity contribution in [2.75, 3.05) is 50.1 Å². The van der Waals surface area contributed by atoms with Gasteiger partial charge in [-0.2, -0.15) is 0 Å². The molecule has 44 heavy (non-hydrogen) atoms. The zero-order valence-corrected chi connectivity index (χ0v) is 24.2. The molecule has 4 N–H and O–H groups in total. The van der Waals surface area contributed by atoms with Crippen molar-refractivity contribution in [2.24, 2.45) is 13.0 Å². The first kappa shape index (κ1) is 28.2. The lowest BCUT2D eigenvalue weighted by atomic mass is 10.0. The molecular formula is C31H31F2N7O4. The van der Waals surface area contributed by atoms with Crippen LogP contribution in [0.1, 0.15) is 23.2 Å². The number of likely N-dealkylation sites (tertiary alicyclic amines) is 1. The number of H-pyrrole nitrogens is 1. The third-order valence-electron chi connectivity index (χ3n) is 9.17. The Balaban J connectivity index is 1.49. The number of nitrogens with zero attached hydrogens (tertiary/aromatic N) is 5. The van der Waals surface area contributed by atoms with Crippen molar-refractivity contribution in [3.8, 4) is 11.1 Å². The highest BCUT2D eigenvalue weighted by atomic mass is 19.2. The minimum Gasteiger partial charge on any atom is -0.477 e. The summed E-state index contributed by atoms with van der Waals surface area (Å²) >= 11 is 0. The molecule has 2 fully saturated rings. The van der Waals surface area contributed by atoms with Gasteiger partial charge in [-0.05, 0) is 31.4 Å². The number of hydrogen-bond acceptors (Lipinski definition) is 8. The normalized spacial score (nSPS) is 18.6. The molecule has 2 aliphatic rings. The number of hydrogen-bond donors (Lipinski definition) is 4. The molecule has 0 spiro atoms. The van der Waals surface area contributed by atoms with Crippen molar-refractivity contribution in [3.05, 3.63) is 58.1 Å². The van der Waals surface area contributed by atoms with Gasteiger partial charge in [0.25, 0.3) is 0 Å². The third kappa shape index (κ3) is 4.21. The summed E-state index contributed by atoms with van der Waals surface area (Å²) in [7, 11) is 3.25. The van der Waals surface area contributed by atoms with E-state index in [4.69, 9.17) is 0 Å². The van der Waals surface area contributed by atoms with Crippen LogP contribution in [0.5, 0.6) is 0 Å². The molecule has 1 unspecified atom stereocenters. The van der Waals surface area contributed by atoms with Crippen LogP contribution in [0.15, 0.2) is 35.5 Å². The first-order chi connectivity index (χ1) is 21.2. The Morgan fingerprint density at radius 2 is 2.00 bits per heavy atom. The summed E-state index contributed by atoms with van der Waals surface area (Å²) in [5.74, 6) is -2.99. The van der Waals surface area contributed by atoms with E-state index in [1.807, 2.05) is 0 Å². The highest BCUT2D eigenvalue weighted by Crippen LogP contribution is 2.46. The number of pyridine rings is 3. The van der Waals surface area contributed by atoms with Crippen molar-refractivity contribution in [1.29, 1.82) is 0 Å². The topological polar surface area (TPSA) is 140 Å². The zero-order valence-electron chi connectivity index (χ0n) is 24.2. The number of aliphatic hydroxyl groups is 1. The van der Waals surface area contributed by atoms with E-state index in [0.29, 0.717) is 70.1 Å². The van der Waals surface area contributed by atoms with Gasteiger partial charge in [-0.1, -0.05) is 0 Å². The fourth-order valence-corrected chi connectivity index (χ4v) is 7.13. The largest absolute Gasteiger partial charge is 0.477 e. The number of aromatic amines is 1. The van der Waals surface area contributed by atoms with Crippen molar-refractivity contribution in [3.63, 3.8) is 0 Å². The monoisotopic (exact) mass is 603 g/mol. The van der Waals surface area contributed by atoms with Gasteiger partial charge in [0.05, 0.1) is 33.1 Å². The number of aliphatic hydroxyl groups excluding tert-OH is 1. The number of anilines is 2. The molecule has 0 radical (unpaired) electrons. The van der Waals surface area contributed by atoms with Crippen LogP contribution in [0, 0.1) is 17.6 Å². The standard InChI is InChI=1S/C31H31F2N7O4/c1-34-21-9-20(32)25(33)23-24-27(40-12-15-4-6-39(5-3-7-41)22(15)14-40)18(11-35-29(24)37-26(21)23)16-8-17-28(42)19(31(43)44)13-38(2)30(17)36-10-16/h8-11,13,15,22,34,41H,3-7,12,14H2,1-2H3,(H,35,37)(H,43,44)/t15-,22?/m1/s1. The van der Waals surface area contributed by atoms with Gasteiger partial charge in [-0.3, -0.25) is 9.69 Å². The Hall–Kier alpha value is -4.62. The van der Waals surface area contributed by atoms with Gasteiger partial charge in [0, 0.05) is 82.2 Å². The van der Waals surface area contributed by atoms with E-state index >= 15 is 4.39 Å². The van der Waals surface area contributed by atoms with E-state index in [9.17, 15) is 24.2 Å². The minimum absolute atomic E-state index is 0.0701. The van der Waals surface area contributed by atoms with Crippen LogP contribution in [-0.2, 0) is 7.05 Å². The molecule has 13 heteroatoms. The van der Waals surface area contributed by atoms with Crippen LogP contribution in [0.4, 0.5) is 20.2 Å². The number of nitrogens with one attached hydrogen (secondary N) is 2. The maximum atomic E-state index is 15.7. The van der Waals surface area contributed by atoms with Gasteiger partial charge in [-0.15, -0.1) is 0 Å². The van der Waals surface area contributed by atoms with Crippen LogP contribution >= 0.6 is 0 Å². The fraction of sp³-hybridized carbons (Fsp3) is 0.355. The molecule has 2 atom stereocenters. The van der Waals surface area contributed by atoms with E-state index < -0.39 is 23.0 Å². The molecule has 2 aliphatic heterocycles. The second kappa shape index (κ2) is 10.5. The maximum absolute atomic E-state index is 15.7. The van der Waals surface area contributed by atoms with Gasteiger partial charge in [0.2, 0.25) is 5.43 Å². The lowest BCUT2D eigenvalue weighted by Gasteiger charge is -2.27. The highest BCUT2D eigenvalue weighted by Gasteiger charge is 2.42. The van der Waals surface area contributed by atoms with E-state index in [0.717, 1.165) is 25.6 Å². The van der Waals surface area contributed by atoms with E-state index in [1.165, 1.54) is 10.8 Å². The smallest absolute Gasteiger partial charge is 0.341 e. The summed E-state index contributed by atoms with van der Waals surface area (Å²) in [6.07, 6.45) is 6.11. The Bertz CT molecular complexity index is 2040. The molecule has 4 aromatic heterocycles. The average molecular weight is 604 g/mol. The molecular weight excluding hydrogens is 572 g/mol. The van der Waals surface area contributed by atoms with Gasteiger partial charge < -0.3 is 30.0 Å². The van der Waals surface area contributed by atoms with Crippen molar-refractivity contribution in [1.82, 2.24) is 24.4 Å². The maximum Gasteiger partial charge on any atom is 0.341 e. The van der Waals surface area contributed by atoms with Crippen LogP contribution < -0.4 is 15.6 Å². The first-order valence-corrected chi connectivity index (χ1v) is 14.5. The van der Waals surface area contributed by atoms with Crippen LogP contribution in [0.2, 0.25) is 0 Å². The second-order valence-corrected chi connectivity index (χ2v) is 11.6. The lowest BCUT2D eigenvalue weighted by molar-refractivity contribution is 0.0695. The predicted octanol–water partition coefficient (Wildman–Crippen LogP) is 3.54. The van der Waals surface area contributed by atoms with Crippen molar-refractivity contribution >= 4 is 50.3 Å². The quantitative estimate of drug-likeness (QED) is 0.220. The first-order valence-electron chi connectivity index (χ1n) is 14.5. The Morgan fingerprint density at radius 1 is 1.18 bits per heavy atom. The number of carbonyl (C=O) groups is 1. The SMILES string of the molecule is CNc1cc(F)c(F)c2c1[nH]c1ncc(-c3cnc4c(c3)c(=O)c(C(=O)O)cn4C)c(N3CC4[C@H](CCN4CCCO)C3)c12. The summed E-state index contributed by atoms with van der Waals surface area (Å²) in [6.45, 7) is 3.10. The van der Waals surface area contributed by atoms with Gasteiger partial charge in [0.15, 0.2) is 11.6 Å². The molecule has 0 saturated carbocycles. The van der Waals surface area contributed by atoms with Gasteiger partial charge >= 0.3 is 5.97 Å². The second-order valence-electron chi connectivity index (χ2n) is 11.6.